The van der Waals surface area contributed by atoms with E-state index in [4.69, 9.17) is 4.99 Å². The van der Waals surface area contributed by atoms with Crippen molar-refractivity contribution in [2.45, 2.75) is 33.2 Å². The molecule has 2 rings (SSSR count). The number of aryl methyl sites for hydroxylation is 1. The van der Waals surface area contributed by atoms with Crippen molar-refractivity contribution >= 4 is 54.5 Å². The minimum absolute atomic E-state index is 0.437. The maximum atomic E-state index is 4.81. The lowest BCUT2D eigenvalue weighted by atomic mass is 10.0. The van der Waals surface area contributed by atoms with Crippen LogP contribution in [-0.2, 0) is 0 Å². The summed E-state index contributed by atoms with van der Waals surface area (Å²) >= 11 is 9.02. The van der Waals surface area contributed by atoms with Gasteiger partial charge in [0.25, 0.3) is 0 Å². The van der Waals surface area contributed by atoms with Crippen LogP contribution in [0.25, 0.3) is 0 Å². The van der Waals surface area contributed by atoms with Gasteiger partial charge >= 0.3 is 0 Å². The summed E-state index contributed by atoms with van der Waals surface area (Å²) in [6.45, 7) is 6.56. The Morgan fingerprint density at radius 1 is 1.32 bits per heavy atom. The number of amidine groups is 1. The Morgan fingerprint density at radius 2 is 1.95 bits per heavy atom. The second kappa shape index (κ2) is 6.64. The van der Waals surface area contributed by atoms with E-state index < -0.39 is 0 Å². The molecule has 0 bridgehead atoms. The molecule has 2 nitrogen and oxygen atoms in total. The lowest BCUT2D eigenvalue weighted by molar-refractivity contribution is 0.485. The van der Waals surface area contributed by atoms with E-state index in [0.29, 0.717) is 12.0 Å². The average molecular weight is 406 g/mol. The summed E-state index contributed by atoms with van der Waals surface area (Å²) in [7, 11) is 0. The van der Waals surface area contributed by atoms with E-state index in [1.165, 1.54) is 12.0 Å². The fourth-order valence-corrected chi connectivity index (χ4v) is 4.56. The van der Waals surface area contributed by atoms with Crippen molar-refractivity contribution in [1.82, 2.24) is 0 Å². The fraction of sp³-hybridized carbons (Fsp3) is 0.500. The van der Waals surface area contributed by atoms with Gasteiger partial charge in [0, 0.05) is 14.7 Å². The number of thioether (sulfide) groups is 1. The molecule has 104 valence electrons. The smallest absolute Gasteiger partial charge is 0.161 e. The summed E-state index contributed by atoms with van der Waals surface area (Å²) in [5.41, 5.74) is 2.28. The zero-order valence-corrected chi connectivity index (χ0v) is 15.3. The first-order chi connectivity index (χ1) is 8.97. The van der Waals surface area contributed by atoms with Crippen molar-refractivity contribution in [3.05, 3.63) is 26.6 Å². The molecular formula is C14H18Br2N2S. The summed E-state index contributed by atoms with van der Waals surface area (Å²) < 4.78 is 2.13. The van der Waals surface area contributed by atoms with E-state index in [2.05, 4.69) is 70.1 Å². The number of rotatable bonds is 2. The third kappa shape index (κ3) is 3.99. The van der Waals surface area contributed by atoms with Crippen molar-refractivity contribution in [2.75, 3.05) is 11.1 Å². The van der Waals surface area contributed by atoms with Gasteiger partial charge in [0.05, 0.1) is 11.7 Å². The molecule has 0 saturated carbocycles. The first kappa shape index (κ1) is 15.4. The number of nitrogens with zero attached hydrogens (tertiary/aromatic N) is 1. The molecule has 1 N–H and O–H groups in total. The van der Waals surface area contributed by atoms with Crippen molar-refractivity contribution in [2.24, 2.45) is 10.9 Å². The van der Waals surface area contributed by atoms with Gasteiger partial charge in [0.15, 0.2) is 5.17 Å². The normalized spacial score (nSPS) is 19.5. The zero-order valence-electron chi connectivity index (χ0n) is 11.3. The van der Waals surface area contributed by atoms with Crippen LogP contribution in [0.2, 0.25) is 0 Å². The van der Waals surface area contributed by atoms with Gasteiger partial charge in [-0.3, -0.25) is 4.99 Å². The highest BCUT2D eigenvalue weighted by molar-refractivity contribution is 9.11. The van der Waals surface area contributed by atoms with Crippen LogP contribution in [0.5, 0.6) is 0 Å². The highest BCUT2D eigenvalue weighted by Gasteiger charge is 2.19. The number of hydrogen-bond acceptors (Lipinski definition) is 3. The van der Waals surface area contributed by atoms with Crippen molar-refractivity contribution < 1.29 is 0 Å². The average Bonchev–Trinajstić information content (AvgIpc) is 2.34. The number of aliphatic imine (C=N–C) groups is 1. The second-order valence-electron chi connectivity index (χ2n) is 5.11. The monoisotopic (exact) mass is 404 g/mol. The van der Waals surface area contributed by atoms with Crippen LogP contribution in [0.1, 0.15) is 25.8 Å². The second-order valence-corrected chi connectivity index (χ2v) is 7.90. The largest absolute Gasteiger partial charge is 0.333 e. The fourth-order valence-electron chi connectivity index (χ4n) is 2.01. The highest BCUT2D eigenvalue weighted by atomic mass is 79.9. The molecule has 1 aliphatic heterocycles. The molecule has 0 amide bonds. The van der Waals surface area contributed by atoms with Crippen LogP contribution in [0.4, 0.5) is 5.69 Å². The Balaban J connectivity index is 2.22. The predicted octanol–water partition coefficient (Wildman–Crippen LogP) is 5.45. The summed E-state index contributed by atoms with van der Waals surface area (Å²) in [5.74, 6) is 1.73. The lowest BCUT2D eigenvalue weighted by Gasteiger charge is -2.24. The van der Waals surface area contributed by atoms with Gasteiger partial charge < -0.3 is 5.32 Å². The van der Waals surface area contributed by atoms with Gasteiger partial charge in [0.2, 0.25) is 0 Å². The van der Waals surface area contributed by atoms with Crippen molar-refractivity contribution in [3.8, 4) is 0 Å². The van der Waals surface area contributed by atoms with Crippen LogP contribution in [0.15, 0.2) is 26.1 Å². The first-order valence-corrected chi connectivity index (χ1v) is 8.98. The molecule has 0 aromatic heterocycles. The molecule has 19 heavy (non-hydrogen) atoms. The van der Waals surface area contributed by atoms with E-state index >= 15 is 0 Å². The van der Waals surface area contributed by atoms with Gasteiger partial charge in [-0.05, 0) is 68.8 Å². The van der Waals surface area contributed by atoms with Crippen molar-refractivity contribution in [3.63, 3.8) is 0 Å². The standard InChI is InChI=1S/C14H18Br2N2S/c1-8(2)12-4-5-19-14(17-12)18-13-10(15)6-9(3)7-11(13)16/h6-8,12H,4-5H2,1-3H3,(H,17,18). The minimum atomic E-state index is 0.437. The molecule has 5 heteroatoms. The first-order valence-electron chi connectivity index (χ1n) is 6.40. The molecule has 1 heterocycles. The maximum absolute atomic E-state index is 4.81. The number of anilines is 1. The highest BCUT2D eigenvalue weighted by Crippen LogP contribution is 2.34. The molecule has 1 aliphatic rings. The Hall–Kier alpha value is -0.000000000000000111. The van der Waals surface area contributed by atoms with Gasteiger partial charge in [-0.25, -0.2) is 0 Å². The number of nitrogens with one attached hydrogen (secondary N) is 1. The van der Waals surface area contributed by atoms with E-state index in [1.807, 2.05) is 0 Å². The van der Waals surface area contributed by atoms with E-state index in [9.17, 15) is 0 Å². The molecule has 1 aromatic carbocycles. The summed E-state index contributed by atoms with van der Waals surface area (Å²) in [6.07, 6.45) is 1.17. The Kier molecular flexibility index (Phi) is 5.37. The van der Waals surface area contributed by atoms with Crippen LogP contribution in [0.3, 0.4) is 0 Å². The van der Waals surface area contributed by atoms with E-state index in [0.717, 1.165) is 25.6 Å². The maximum Gasteiger partial charge on any atom is 0.161 e. The van der Waals surface area contributed by atoms with Gasteiger partial charge in [-0.2, -0.15) is 0 Å². The number of hydrogen-bond donors (Lipinski definition) is 1. The van der Waals surface area contributed by atoms with Gasteiger partial charge in [-0.1, -0.05) is 25.6 Å². The van der Waals surface area contributed by atoms with Gasteiger partial charge in [0.1, 0.15) is 0 Å². The Labute approximate surface area is 136 Å². The van der Waals surface area contributed by atoms with Crippen LogP contribution in [-0.4, -0.2) is 17.0 Å². The molecule has 0 spiro atoms. The quantitative estimate of drug-likeness (QED) is 0.707. The van der Waals surface area contributed by atoms with Crippen LogP contribution >= 0.6 is 43.6 Å². The summed E-state index contributed by atoms with van der Waals surface area (Å²) in [6, 6.07) is 4.66. The summed E-state index contributed by atoms with van der Waals surface area (Å²) in [5, 5.41) is 4.47. The zero-order chi connectivity index (χ0) is 14.0. The minimum Gasteiger partial charge on any atom is -0.333 e. The third-order valence-electron chi connectivity index (χ3n) is 3.12. The van der Waals surface area contributed by atoms with E-state index in [1.54, 1.807) is 11.8 Å². The number of benzene rings is 1. The van der Waals surface area contributed by atoms with Gasteiger partial charge in [-0.15, -0.1) is 0 Å². The van der Waals surface area contributed by atoms with Crippen LogP contribution in [0, 0.1) is 12.8 Å². The lowest BCUT2D eigenvalue weighted by Crippen LogP contribution is -2.24. The number of halogens is 2. The molecule has 1 unspecified atom stereocenters. The molecule has 1 atom stereocenters. The molecule has 1 aromatic rings. The van der Waals surface area contributed by atoms with Crippen molar-refractivity contribution in [1.29, 1.82) is 0 Å². The molecule has 0 aliphatic carbocycles. The molecule has 0 radical (unpaired) electrons. The summed E-state index contributed by atoms with van der Waals surface area (Å²) in [4.78, 5) is 4.81. The molecule has 0 saturated heterocycles. The topological polar surface area (TPSA) is 24.4 Å². The Morgan fingerprint density at radius 3 is 2.53 bits per heavy atom. The van der Waals surface area contributed by atoms with E-state index in [-0.39, 0.29) is 0 Å². The third-order valence-corrected chi connectivity index (χ3v) is 5.29. The Bertz CT molecular complexity index is 477. The molecular weight excluding hydrogens is 388 g/mol. The predicted molar refractivity (Wildman–Crippen MR) is 93.3 cm³/mol. The molecule has 0 fully saturated rings. The SMILES string of the molecule is Cc1cc(Br)c(NC2=NC(C(C)C)CCS2)c(Br)c1. The van der Waals surface area contributed by atoms with Crippen LogP contribution < -0.4 is 5.32 Å².